The Morgan fingerprint density at radius 2 is 1.47 bits per heavy atom. The second kappa shape index (κ2) is 14.7. The van der Waals surface area contributed by atoms with Crippen LogP contribution in [0.25, 0.3) is 11.4 Å². The van der Waals surface area contributed by atoms with E-state index in [9.17, 15) is 9.59 Å². The Bertz CT molecular complexity index is 1350. The van der Waals surface area contributed by atoms with Gasteiger partial charge in [0.05, 0.1) is 13.2 Å². The molecule has 0 spiro atoms. The number of likely N-dealkylation sites (N-methyl/N-ethyl adjacent to an activating group) is 1. The van der Waals surface area contributed by atoms with Crippen LogP contribution in [0, 0.1) is 0 Å². The van der Waals surface area contributed by atoms with Crippen LogP contribution < -0.4 is 31.1 Å². The fraction of sp³-hybridized carbons (Fsp3) is 0.433. The number of hydrogen-bond donors (Lipinski definition) is 4. The van der Waals surface area contributed by atoms with Crippen molar-refractivity contribution in [1.82, 2.24) is 30.5 Å². The maximum absolute atomic E-state index is 12.7. The molecule has 0 unspecified atom stereocenters. The molecule has 0 saturated carbocycles. The van der Waals surface area contributed by atoms with Gasteiger partial charge in [-0.2, -0.15) is 15.0 Å². The number of carbonyl (C=O) groups is 2. The molecule has 2 aromatic carbocycles. The minimum atomic E-state index is -0.386. The monoisotopic (exact) mass is 588 g/mol. The summed E-state index contributed by atoms with van der Waals surface area (Å²) in [6, 6.07) is 13.8. The number of nitrogens with zero attached hydrogens (tertiary/aromatic N) is 6. The van der Waals surface area contributed by atoms with Crippen LogP contribution in [0.4, 0.5) is 28.1 Å². The first-order valence-electron chi connectivity index (χ1n) is 14.7. The first-order valence-corrected chi connectivity index (χ1v) is 14.7. The smallest absolute Gasteiger partial charge is 0.323 e. The molecule has 4 N–H and O–H groups in total. The van der Waals surface area contributed by atoms with E-state index in [0.717, 1.165) is 57.8 Å². The molecule has 13 nitrogen and oxygen atoms in total. The van der Waals surface area contributed by atoms with Crippen LogP contribution in [-0.4, -0.2) is 111 Å². The third-order valence-corrected chi connectivity index (χ3v) is 7.18. The highest BCUT2D eigenvalue weighted by atomic mass is 16.5. The lowest BCUT2D eigenvalue weighted by atomic mass is 10.2. The molecule has 2 fully saturated rings. The third kappa shape index (κ3) is 8.60. The van der Waals surface area contributed by atoms with Crippen molar-refractivity contribution in [1.29, 1.82) is 0 Å². The van der Waals surface area contributed by atoms with E-state index >= 15 is 0 Å². The number of rotatable bonds is 9. The maximum atomic E-state index is 12.7. The van der Waals surface area contributed by atoms with E-state index in [1.807, 2.05) is 43.3 Å². The highest BCUT2D eigenvalue weighted by molar-refractivity contribution is 6.00. The molecule has 0 bridgehead atoms. The highest BCUT2D eigenvalue weighted by Crippen LogP contribution is 2.24. The summed E-state index contributed by atoms with van der Waals surface area (Å²) in [4.78, 5) is 45.8. The number of urea groups is 1. The Hall–Kier alpha value is -4.33. The van der Waals surface area contributed by atoms with Crippen LogP contribution in [0.2, 0.25) is 0 Å². The first kappa shape index (κ1) is 30.1. The van der Waals surface area contributed by atoms with Gasteiger partial charge in [0.1, 0.15) is 0 Å². The van der Waals surface area contributed by atoms with Gasteiger partial charge in [-0.1, -0.05) is 0 Å². The number of morpholine rings is 1. The summed E-state index contributed by atoms with van der Waals surface area (Å²) in [6.07, 6.45) is 1.02. The van der Waals surface area contributed by atoms with Gasteiger partial charge in [-0.3, -0.25) is 4.79 Å². The second-order valence-corrected chi connectivity index (χ2v) is 10.7. The Morgan fingerprint density at radius 1 is 0.837 bits per heavy atom. The molecule has 228 valence electrons. The molecule has 5 rings (SSSR count). The molecule has 0 aliphatic carbocycles. The fourth-order valence-corrected chi connectivity index (χ4v) is 4.77. The molecule has 3 aromatic rings. The molecule has 2 saturated heterocycles. The molecule has 43 heavy (non-hydrogen) atoms. The molecule has 0 radical (unpaired) electrons. The number of nitrogens with one attached hydrogen (secondary N) is 4. The summed E-state index contributed by atoms with van der Waals surface area (Å²) in [7, 11) is 3.91. The van der Waals surface area contributed by atoms with Crippen LogP contribution in [0.1, 0.15) is 16.8 Å². The van der Waals surface area contributed by atoms with Crippen molar-refractivity contribution in [3.05, 3.63) is 54.1 Å². The zero-order valence-electron chi connectivity index (χ0n) is 24.8. The maximum Gasteiger partial charge on any atom is 0.323 e. The largest absolute Gasteiger partial charge is 0.378 e. The summed E-state index contributed by atoms with van der Waals surface area (Å²) in [6.45, 7) is 7.64. The number of benzene rings is 2. The van der Waals surface area contributed by atoms with E-state index in [4.69, 9.17) is 19.7 Å². The summed E-state index contributed by atoms with van der Waals surface area (Å²) in [5.74, 6) is 1.77. The molecule has 3 heterocycles. The van der Waals surface area contributed by atoms with Gasteiger partial charge in [0.2, 0.25) is 11.9 Å². The molecule has 13 heteroatoms. The topological polar surface area (TPSA) is 140 Å². The molecular formula is C30H40N10O3. The van der Waals surface area contributed by atoms with Gasteiger partial charge in [0, 0.05) is 68.3 Å². The van der Waals surface area contributed by atoms with Crippen molar-refractivity contribution < 1.29 is 14.3 Å². The molecule has 2 aliphatic rings. The summed E-state index contributed by atoms with van der Waals surface area (Å²) in [5, 5.41) is 12.0. The Kier molecular flexibility index (Phi) is 10.3. The van der Waals surface area contributed by atoms with Gasteiger partial charge < -0.3 is 40.7 Å². The average molecular weight is 589 g/mol. The lowest BCUT2D eigenvalue weighted by molar-refractivity contribution is 0.0951. The molecular weight excluding hydrogens is 548 g/mol. The van der Waals surface area contributed by atoms with Crippen molar-refractivity contribution in [2.45, 2.75) is 6.42 Å². The van der Waals surface area contributed by atoms with Gasteiger partial charge in [0.25, 0.3) is 5.91 Å². The lowest BCUT2D eigenvalue weighted by Crippen LogP contribution is -2.38. The molecule has 3 amide bonds. The van der Waals surface area contributed by atoms with Gasteiger partial charge in [-0.25, -0.2) is 4.79 Å². The van der Waals surface area contributed by atoms with Crippen LogP contribution in [0.15, 0.2) is 48.5 Å². The zero-order chi connectivity index (χ0) is 30.0. The number of ether oxygens (including phenoxy) is 1. The highest BCUT2D eigenvalue weighted by Gasteiger charge is 2.20. The number of carbonyl (C=O) groups excluding carboxylic acids is 2. The Morgan fingerprint density at radius 3 is 2.12 bits per heavy atom. The van der Waals surface area contributed by atoms with E-state index < -0.39 is 0 Å². The summed E-state index contributed by atoms with van der Waals surface area (Å²) < 4.78 is 5.53. The number of anilines is 4. The quantitative estimate of drug-likeness (QED) is 0.294. The number of aromatic nitrogens is 3. The Balaban J connectivity index is 1.23. The lowest BCUT2D eigenvalue weighted by Gasteiger charge is -2.28. The fourth-order valence-electron chi connectivity index (χ4n) is 4.77. The van der Waals surface area contributed by atoms with Crippen molar-refractivity contribution in [2.24, 2.45) is 0 Å². The van der Waals surface area contributed by atoms with E-state index in [0.29, 0.717) is 54.4 Å². The second-order valence-electron chi connectivity index (χ2n) is 10.7. The Labute approximate surface area is 252 Å². The van der Waals surface area contributed by atoms with E-state index in [2.05, 4.69) is 31.1 Å². The van der Waals surface area contributed by atoms with E-state index in [1.54, 1.807) is 24.3 Å². The van der Waals surface area contributed by atoms with Crippen LogP contribution in [-0.2, 0) is 4.74 Å². The normalized spacial score (nSPS) is 15.6. The van der Waals surface area contributed by atoms with E-state index in [-0.39, 0.29) is 11.9 Å². The number of amides is 3. The standard InChI is InChI=1S/C30H40N10O3/c1-38(2)16-14-32-27(41)23-6-10-25(11-7-23)34-30(42)33-24-8-4-22(5-9-24)26-35-28(39-15-3-12-31-13-17-39)37-29(36-26)40-18-20-43-21-19-40/h4-11,31H,3,12-21H2,1-2H3,(H,32,41)(H2,33,34,42). The predicted octanol–water partition coefficient (Wildman–Crippen LogP) is 2.11. The van der Waals surface area contributed by atoms with Gasteiger partial charge in [-0.05, 0) is 75.6 Å². The van der Waals surface area contributed by atoms with Crippen molar-refractivity contribution in [3.8, 4) is 11.4 Å². The number of hydrogen-bond acceptors (Lipinski definition) is 10. The first-order chi connectivity index (χ1) is 20.9. The van der Waals surface area contributed by atoms with Crippen LogP contribution in [0.5, 0.6) is 0 Å². The van der Waals surface area contributed by atoms with Crippen molar-refractivity contribution in [3.63, 3.8) is 0 Å². The summed E-state index contributed by atoms with van der Waals surface area (Å²) >= 11 is 0. The predicted molar refractivity (Wildman–Crippen MR) is 168 cm³/mol. The van der Waals surface area contributed by atoms with Gasteiger partial charge in [0.15, 0.2) is 5.82 Å². The van der Waals surface area contributed by atoms with Crippen LogP contribution in [0.3, 0.4) is 0 Å². The molecule has 1 aromatic heterocycles. The van der Waals surface area contributed by atoms with Gasteiger partial charge >= 0.3 is 6.03 Å². The molecule has 0 atom stereocenters. The minimum Gasteiger partial charge on any atom is -0.378 e. The van der Waals surface area contributed by atoms with Gasteiger partial charge in [-0.15, -0.1) is 0 Å². The van der Waals surface area contributed by atoms with Crippen molar-refractivity contribution in [2.75, 3.05) is 100 Å². The van der Waals surface area contributed by atoms with E-state index in [1.165, 1.54) is 0 Å². The summed E-state index contributed by atoms with van der Waals surface area (Å²) in [5.41, 5.74) is 2.57. The third-order valence-electron chi connectivity index (χ3n) is 7.18. The minimum absolute atomic E-state index is 0.149. The zero-order valence-corrected chi connectivity index (χ0v) is 24.8. The average Bonchev–Trinajstić information content (AvgIpc) is 3.32. The van der Waals surface area contributed by atoms with Crippen LogP contribution >= 0.6 is 0 Å². The molecule has 2 aliphatic heterocycles. The van der Waals surface area contributed by atoms with Crippen molar-refractivity contribution >= 4 is 35.2 Å². The SMILES string of the molecule is CN(C)CCNC(=O)c1ccc(NC(=O)Nc2ccc(-c3nc(N4CCCNCC4)nc(N4CCOCC4)n3)cc2)cc1.